The number of hydrogen-bond donors (Lipinski definition) is 0. The minimum Gasteiger partial charge on any atom is -0.550 e. The van der Waals surface area contributed by atoms with E-state index in [0.29, 0.717) is 0 Å². The number of carboxylic acids is 4. The van der Waals surface area contributed by atoms with Gasteiger partial charge in [0, 0.05) is 24.8 Å². The smallest absolute Gasteiger partial charge is 0.550 e. The van der Waals surface area contributed by atoms with Crippen LogP contribution in [0.3, 0.4) is 0 Å². The fraction of sp³-hybridized carbons (Fsp3) is 0.833. The summed E-state index contributed by atoms with van der Waals surface area (Å²) in [6.45, 7) is 8.14. The van der Waals surface area contributed by atoms with E-state index >= 15 is 0 Å². The Kier molecular flexibility index (Phi) is 36.9. The van der Waals surface area contributed by atoms with Crippen LogP contribution in [0.5, 0.6) is 0 Å². The van der Waals surface area contributed by atoms with Crippen LogP contribution in [-0.2, 0) is 41.0 Å². The molecule has 0 amide bonds. The average Bonchev–Trinajstić information content (AvgIpc) is 2.76. The Bertz CT molecular complexity index is 530. The van der Waals surface area contributed by atoms with E-state index in [9.17, 15) is 39.6 Å². The first kappa shape index (κ1) is 44.7. The van der Waals surface area contributed by atoms with Crippen LogP contribution in [0.2, 0.25) is 0 Å². The van der Waals surface area contributed by atoms with Crippen molar-refractivity contribution in [2.45, 2.75) is 102 Å². The zero-order valence-electron chi connectivity index (χ0n) is 22.6. The van der Waals surface area contributed by atoms with Crippen molar-refractivity contribution in [3.05, 3.63) is 0 Å². The third-order valence-electron chi connectivity index (χ3n) is 5.07. The van der Waals surface area contributed by atoms with Crippen molar-refractivity contribution < 1.29 is 39.6 Å². The van der Waals surface area contributed by atoms with Crippen LogP contribution in [0.25, 0.3) is 0 Å². The van der Waals surface area contributed by atoms with E-state index in [1.807, 2.05) is 27.7 Å². The topological polar surface area (TPSA) is 161 Å². The molecule has 2 unspecified atom stereocenters. The summed E-state index contributed by atoms with van der Waals surface area (Å²) < 4.78 is 0. The Morgan fingerprint density at radius 2 is 0.750 bits per heavy atom. The first-order chi connectivity index (χ1) is 16.0. The first-order valence-corrected chi connectivity index (χ1v) is 15.4. The Hall–Kier alpha value is 1.72. The van der Waals surface area contributed by atoms with E-state index in [2.05, 4.69) is 0 Å². The quantitative estimate of drug-likeness (QED) is 0.103. The first-order valence-electron chi connectivity index (χ1n) is 12.2. The average molecular weight is 797 g/mol. The second-order valence-corrected chi connectivity index (χ2v) is 13.0. The van der Waals surface area contributed by atoms with Crippen molar-refractivity contribution in [2.24, 2.45) is 0 Å². The number of carbonyl (C=O) groups is 4. The van der Waals surface area contributed by atoms with Crippen molar-refractivity contribution in [3.8, 4) is 0 Å². The molecule has 0 bridgehead atoms. The molecule has 0 aliphatic carbocycles. The monoisotopic (exact) mass is 798 g/mol. The van der Waals surface area contributed by atoms with Crippen LogP contribution in [0, 0.1) is 0 Å². The molecule has 0 saturated carbocycles. The molecule has 12 heteroatoms. The molecular weight excluding hydrogens is 755 g/mol. The Morgan fingerprint density at radius 3 is 0.889 bits per heavy atom. The summed E-state index contributed by atoms with van der Waals surface area (Å²) in [4.78, 5) is 43.2. The SMILES string of the molecule is CCCC[S+](CCCC)C(CC(=O)[O-])C(=O)[O-].CCCC[S+](CCCC)C(CC(=O)[O-])C(=O)[O-].[Ba+2].[Ba+2]. The second kappa shape index (κ2) is 29.7. The van der Waals surface area contributed by atoms with Crippen molar-refractivity contribution in [1.29, 1.82) is 0 Å². The molecule has 0 aromatic carbocycles. The van der Waals surface area contributed by atoms with Gasteiger partial charge in [-0.3, -0.25) is 0 Å². The van der Waals surface area contributed by atoms with Gasteiger partial charge in [0.05, 0.1) is 11.9 Å². The summed E-state index contributed by atoms with van der Waals surface area (Å²) >= 11 is 0. The Labute approximate surface area is 303 Å². The minimum atomic E-state index is -1.30. The van der Waals surface area contributed by atoms with E-state index < -0.39 is 69.0 Å². The maximum atomic E-state index is 11.0. The summed E-state index contributed by atoms with van der Waals surface area (Å²) in [7, 11) is -0.791. The number of rotatable bonds is 20. The van der Waals surface area contributed by atoms with Gasteiger partial charge in [0.25, 0.3) is 0 Å². The molecule has 8 nitrogen and oxygen atoms in total. The molecular formula is C24H42Ba2O8S2+2. The van der Waals surface area contributed by atoms with Gasteiger partial charge in [0.15, 0.2) is 10.5 Å². The Balaban J connectivity index is -0.000000269. The van der Waals surface area contributed by atoms with E-state index in [1.54, 1.807) is 0 Å². The van der Waals surface area contributed by atoms with Crippen molar-refractivity contribution >= 4 is 143 Å². The van der Waals surface area contributed by atoms with Crippen molar-refractivity contribution in [2.75, 3.05) is 23.0 Å². The standard InChI is InChI=1S/2C12H22O4S.2Ba/c2*1-3-5-7-17(8-6-4-2)10(12(15)16)9-11(13)14;;/h2*10H,3-9H2,1-2H3,(H-,13,14,15,16);;/q;;2*+2/p-2. The summed E-state index contributed by atoms with van der Waals surface area (Å²) in [5.41, 5.74) is 0. The minimum absolute atomic E-state index is 0. The molecule has 0 fully saturated rings. The second-order valence-electron chi connectivity index (χ2n) is 8.07. The van der Waals surface area contributed by atoms with E-state index in [-0.39, 0.29) is 97.8 Å². The molecule has 36 heavy (non-hydrogen) atoms. The summed E-state index contributed by atoms with van der Waals surface area (Å²) in [6, 6.07) is 0. The molecule has 200 valence electrons. The van der Waals surface area contributed by atoms with Crippen molar-refractivity contribution in [1.82, 2.24) is 0 Å². The molecule has 0 saturated heterocycles. The number of carbonyl (C=O) groups excluding carboxylic acids is 4. The van der Waals surface area contributed by atoms with Crippen LogP contribution >= 0.6 is 0 Å². The Morgan fingerprint density at radius 1 is 0.528 bits per heavy atom. The number of hydrogen-bond acceptors (Lipinski definition) is 8. The fourth-order valence-corrected chi connectivity index (χ4v) is 8.54. The predicted octanol–water partition coefficient (Wildman–Crippen LogP) is -1.83. The number of carboxylic acid groups (broad SMARTS) is 4. The third-order valence-corrected chi connectivity index (χ3v) is 10.7. The molecule has 0 N–H and O–H groups in total. The van der Waals surface area contributed by atoms with Crippen LogP contribution < -0.4 is 20.4 Å². The molecule has 0 radical (unpaired) electrons. The molecule has 0 spiro atoms. The maximum Gasteiger partial charge on any atom is 2.00 e. The molecule has 0 rings (SSSR count). The van der Waals surface area contributed by atoms with Gasteiger partial charge in [-0.15, -0.1) is 0 Å². The molecule has 0 aliphatic heterocycles. The predicted molar refractivity (Wildman–Crippen MR) is 142 cm³/mol. The summed E-state index contributed by atoms with van der Waals surface area (Å²) in [5, 5.41) is 41.4. The third kappa shape index (κ3) is 24.7. The van der Waals surface area contributed by atoms with Crippen LogP contribution in [-0.4, -0.2) is 155 Å². The van der Waals surface area contributed by atoms with Gasteiger partial charge in [0.1, 0.15) is 23.0 Å². The summed E-state index contributed by atoms with van der Waals surface area (Å²) in [5.74, 6) is -1.97. The molecule has 2 atom stereocenters. The van der Waals surface area contributed by atoms with E-state index in [4.69, 9.17) is 0 Å². The number of aliphatic carboxylic acids is 4. The van der Waals surface area contributed by atoms with Gasteiger partial charge in [-0.2, -0.15) is 0 Å². The van der Waals surface area contributed by atoms with Crippen molar-refractivity contribution in [3.63, 3.8) is 0 Å². The molecule has 0 aliphatic rings. The zero-order chi connectivity index (χ0) is 26.5. The van der Waals surface area contributed by atoms with E-state index in [0.717, 1.165) is 74.4 Å². The van der Waals surface area contributed by atoms with Crippen LogP contribution in [0.4, 0.5) is 0 Å². The van der Waals surface area contributed by atoms with E-state index in [1.165, 1.54) is 0 Å². The number of unbranched alkanes of at least 4 members (excludes halogenated alkanes) is 4. The van der Waals surface area contributed by atoms with Gasteiger partial charge in [-0.05, 0) is 47.5 Å². The van der Waals surface area contributed by atoms with Gasteiger partial charge in [-0.1, -0.05) is 53.4 Å². The van der Waals surface area contributed by atoms with Gasteiger partial charge < -0.3 is 39.6 Å². The normalized spacial score (nSPS) is 11.9. The largest absolute Gasteiger partial charge is 2.00 e. The van der Waals surface area contributed by atoms with Gasteiger partial charge in [0.2, 0.25) is 0 Å². The van der Waals surface area contributed by atoms with Gasteiger partial charge in [-0.25, -0.2) is 0 Å². The van der Waals surface area contributed by atoms with Crippen LogP contribution in [0.15, 0.2) is 0 Å². The van der Waals surface area contributed by atoms with Gasteiger partial charge >= 0.3 is 97.8 Å². The zero-order valence-corrected chi connectivity index (χ0v) is 33.1. The van der Waals surface area contributed by atoms with Crippen LogP contribution in [0.1, 0.15) is 91.9 Å². The molecule has 0 heterocycles. The fourth-order valence-electron chi connectivity index (χ4n) is 3.07. The maximum absolute atomic E-state index is 11.0. The summed E-state index contributed by atoms with van der Waals surface area (Å²) in [6.07, 6.45) is 6.85. The molecule has 0 aromatic rings. The molecule has 0 aromatic heterocycles.